The molecule has 1 aliphatic carbocycles. The van der Waals surface area contributed by atoms with Gasteiger partial charge in [0.05, 0.1) is 6.04 Å². The zero-order valence-electron chi connectivity index (χ0n) is 13.7. The van der Waals surface area contributed by atoms with Gasteiger partial charge in [-0.25, -0.2) is 0 Å². The first-order chi connectivity index (χ1) is 11.6. The molecule has 2 fully saturated rings. The molecule has 1 saturated carbocycles. The maximum absolute atomic E-state index is 12.7. The molecule has 24 heavy (non-hydrogen) atoms. The second kappa shape index (κ2) is 6.54. The molecule has 0 unspecified atom stereocenters. The van der Waals surface area contributed by atoms with Gasteiger partial charge in [-0.3, -0.25) is 0 Å². The summed E-state index contributed by atoms with van der Waals surface area (Å²) in [6.07, 6.45) is 5.11. The number of nitrogens with one attached hydrogen (secondary N) is 1. The summed E-state index contributed by atoms with van der Waals surface area (Å²) in [5, 5.41) is 0. The minimum atomic E-state index is -3.45. The standard InChI is InChI=1S/C17H24N2O4S/c20-24(21,19-8-2-1-3-9-19)18-17(13-4-5-13)14-6-7-15-16(12-14)23-11-10-22-15/h6-7,12-13,17-18H,1-5,8-11H2/t17-/m1/s1. The van der Waals surface area contributed by atoms with Crippen molar-refractivity contribution in [2.24, 2.45) is 5.92 Å². The van der Waals surface area contributed by atoms with Crippen LogP contribution in [-0.4, -0.2) is 39.0 Å². The van der Waals surface area contributed by atoms with Gasteiger partial charge in [0.15, 0.2) is 11.5 Å². The van der Waals surface area contributed by atoms with Gasteiger partial charge in [-0.2, -0.15) is 17.4 Å². The number of hydrogen-bond donors (Lipinski definition) is 1. The van der Waals surface area contributed by atoms with E-state index in [0.717, 1.165) is 43.4 Å². The monoisotopic (exact) mass is 352 g/mol. The van der Waals surface area contributed by atoms with E-state index in [0.29, 0.717) is 38.0 Å². The first-order valence-corrected chi connectivity index (χ1v) is 10.2. The summed E-state index contributed by atoms with van der Waals surface area (Å²) >= 11 is 0. The third-order valence-electron chi connectivity index (χ3n) is 4.95. The van der Waals surface area contributed by atoms with Crippen LogP contribution in [0.25, 0.3) is 0 Å². The van der Waals surface area contributed by atoms with Crippen molar-refractivity contribution in [3.63, 3.8) is 0 Å². The lowest BCUT2D eigenvalue weighted by atomic mass is 10.0. The highest BCUT2D eigenvalue weighted by Crippen LogP contribution is 2.43. The van der Waals surface area contributed by atoms with Crippen LogP contribution in [-0.2, 0) is 10.2 Å². The topological polar surface area (TPSA) is 67.9 Å². The summed E-state index contributed by atoms with van der Waals surface area (Å²) in [6.45, 7) is 2.33. The maximum atomic E-state index is 12.7. The molecule has 1 atom stereocenters. The van der Waals surface area contributed by atoms with Crippen molar-refractivity contribution in [3.8, 4) is 11.5 Å². The lowest BCUT2D eigenvalue weighted by Gasteiger charge is -2.29. The van der Waals surface area contributed by atoms with Crippen molar-refractivity contribution in [3.05, 3.63) is 23.8 Å². The third kappa shape index (κ3) is 3.38. The van der Waals surface area contributed by atoms with Crippen LogP contribution >= 0.6 is 0 Å². The van der Waals surface area contributed by atoms with Gasteiger partial charge in [0, 0.05) is 13.1 Å². The fraction of sp³-hybridized carbons (Fsp3) is 0.647. The van der Waals surface area contributed by atoms with Crippen LogP contribution in [0.1, 0.15) is 43.7 Å². The normalized spacial score (nSPS) is 23.0. The molecule has 6 nitrogen and oxygen atoms in total. The lowest BCUT2D eigenvalue weighted by Crippen LogP contribution is -2.45. The van der Waals surface area contributed by atoms with E-state index in [1.165, 1.54) is 0 Å². The Bertz CT molecular complexity index is 697. The molecule has 2 heterocycles. The summed E-state index contributed by atoms with van der Waals surface area (Å²) < 4.78 is 41.2. The Kier molecular flexibility index (Phi) is 4.40. The Hall–Kier alpha value is -1.31. The number of fused-ring (bicyclic) bond motifs is 1. The summed E-state index contributed by atoms with van der Waals surface area (Å²) in [6, 6.07) is 5.58. The molecule has 0 spiro atoms. The molecule has 1 aromatic rings. The van der Waals surface area contributed by atoms with Gasteiger partial charge in [0.25, 0.3) is 10.2 Å². The highest BCUT2D eigenvalue weighted by atomic mass is 32.2. The molecule has 0 aromatic heterocycles. The molecular formula is C17H24N2O4S. The molecule has 1 aromatic carbocycles. The van der Waals surface area contributed by atoms with E-state index < -0.39 is 10.2 Å². The first kappa shape index (κ1) is 16.2. The molecule has 3 aliphatic rings. The average molecular weight is 352 g/mol. The molecule has 1 saturated heterocycles. The SMILES string of the molecule is O=S(=O)(N[C@@H](c1ccc2c(c1)OCCO2)C1CC1)N1CCCCC1. The van der Waals surface area contributed by atoms with Gasteiger partial charge in [-0.15, -0.1) is 0 Å². The van der Waals surface area contributed by atoms with Crippen molar-refractivity contribution in [1.82, 2.24) is 9.03 Å². The van der Waals surface area contributed by atoms with Crippen LogP contribution < -0.4 is 14.2 Å². The molecule has 4 rings (SSSR count). The summed E-state index contributed by atoms with van der Waals surface area (Å²) in [7, 11) is -3.45. The van der Waals surface area contributed by atoms with E-state index >= 15 is 0 Å². The molecule has 7 heteroatoms. The number of ether oxygens (including phenoxy) is 2. The Labute approximate surface area is 143 Å². The number of benzene rings is 1. The van der Waals surface area contributed by atoms with E-state index in [4.69, 9.17) is 9.47 Å². The van der Waals surface area contributed by atoms with Gasteiger partial charge in [0.2, 0.25) is 0 Å². The molecule has 132 valence electrons. The van der Waals surface area contributed by atoms with E-state index in [1.807, 2.05) is 18.2 Å². The average Bonchev–Trinajstić information content (AvgIpc) is 3.45. The van der Waals surface area contributed by atoms with Crippen molar-refractivity contribution < 1.29 is 17.9 Å². The van der Waals surface area contributed by atoms with E-state index in [9.17, 15) is 8.42 Å². The minimum Gasteiger partial charge on any atom is -0.486 e. The predicted molar refractivity (Wildman–Crippen MR) is 90.4 cm³/mol. The highest BCUT2D eigenvalue weighted by Gasteiger charge is 2.37. The largest absolute Gasteiger partial charge is 0.486 e. The van der Waals surface area contributed by atoms with E-state index in [1.54, 1.807) is 4.31 Å². The summed E-state index contributed by atoms with van der Waals surface area (Å²) in [5.41, 5.74) is 0.960. The van der Waals surface area contributed by atoms with Gasteiger partial charge in [-0.05, 0) is 49.3 Å². The van der Waals surface area contributed by atoms with Gasteiger partial charge in [0.1, 0.15) is 13.2 Å². The Morgan fingerprint density at radius 1 is 1.04 bits per heavy atom. The predicted octanol–water partition coefficient (Wildman–Crippen LogP) is 2.23. The number of hydrogen-bond acceptors (Lipinski definition) is 4. The van der Waals surface area contributed by atoms with Crippen LogP contribution in [0.4, 0.5) is 0 Å². The van der Waals surface area contributed by atoms with Crippen LogP contribution in [0.2, 0.25) is 0 Å². The van der Waals surface area contributed by atoms with Gasteiger partial charge < -0.3 is 9.47 Å². The van der Waals surface area contributed by atoms with Crippen LogP contribution in [0.5, 0.6) is 11.5 Å². The summed E-state index contributed by atoms with van der Waals surface area (Å²) in [4.78, 5) is 0. The molecular weight excluding hydrogens is 328 g/mol. The Morgan fingerprint density at radius 2 is 1.75 bits per heavy atom. The minimum absolute atomic E-state index is 0.187. The fourth-order valence-electron chi connectivity index (χ4n) is 3.46. The van der Waals surface area contributed by atoms with Crippen LogP contribution in [0.3, 0.4) is 0 Å². The van der Waals surface area contributed by atoms with Crippen molar-refractivity contribution >= 4 is 10.2 Å². The smallest absolute Gasteiger partial charge is 0.280 e. The number of nitrogens with zero attached hydrogens (tertiary/aromatic N) is 1. The Balaban J connectivity index is 1.56. The first-order valence-electron chi connectivity index (χ1n) is 8.80. The van der Waals surface area contributed by atoms with Gasteiger partial charge >= 0.3 is 0 Å². The van der Waals surface area contributed by atoms with Crippen LogP contribution in [0, 0.1) is 5.92 Å². The summed E-state index contributed by atoms with van der Waals surface area (Å²) in [5.74, 6) is 1.81. The zero-order valence-corrected chi connectivity index (χ0v) is 14.6. The molecule has 2 aliphatic heterocycles. The number of piperidine rings is 1. The van der Waals surface area contributed by atoms with E-state index in [2.05, 4.69) is 4.72 Å². The molecule has 0 radical (unpaired) electrons. The highest BCUT2D eigenvalue weighted by molar-refractivity contribution is 7.87. The second-order valence-electron chi connectivity index (χ2n) is 6.80. The van der Waals surface area contributed by atoms with Crippen molar-refractivity contribution in [2.45, 2.75) is 38.1 Å². The number of rotatable bonds is 5. The fourth-order valence-corrected chi connectivity index (χ4v) is 5.00. The zero-order chi connectivity index (χ0) is 16.6. The molecule has 0 amide bonds. The Morgan fingerprint density at radius 3 is 2.46 bits per heavy atom. The maximum Gasteiger partial charge on any atom is 0.280 e. The van der Waals surface area contributed by atoms with E-state index in [-0.39, 0.29) is 6.04 Å². The van der Waals surface area contributed by atoms with Crippen LogP contribution in [0.15, 0.2) is 18.2 Å². The van der Waals surface area contributed by atoms with Crippen molar-refractivity contribution in [2.75, 3.05) is 26.3 Å². The molecule has 0 bridgehead atoms. The second-order valence-corrected chi connectivity index (χ2v) is 8.50. The molecule has 1 N–H and O–H groups in total. The van der Waals surface area contributed by atoms with Crippen molar-refractivity contribution in [1.29, 1.82) is 0 Å². The quantitative estimate of drug-likeness (QED) is 0.882. The van der Waals surface area contributed by atoms with Gasteiger partial charge in [-0.1, -0.05) is 12.5 Å². The lowest BCUT2D eigenvalue weighted by molar-refractivity contribution is 0.171. The third-order valence-corrected chi connectivity index (χ3v) is 6.55.